The van der Waals surface area contributed by atoms with Crippen LogP contribution in [0.15, 0.2) is 53.0 Å². The second-order valence-electron chi connectivity index (χ2n) is 7.25. The smallest absolute Gasteiger partial charge is 0.308 e. The summed E-state index contributed by atoms with van der Waals surface area (Å²) in [6.07, 6.45) is 5.56. The molecule has 29 heavy (non-hydrogen) atoms. The Labute approximate surface area is 180 Å². The number of hydrogen-bond donors (Lipinski definition) is 1. The number of nitrogens with zero attached hydrogens (tertiary/aromatic N) is 1. The van der Waals surface area contributed by atoms with Crippen LogP contribution >= 0.6 is 15.9 Å². The van der Waals surface area contributed by atoms with Gasteiger partial charge in [-0.3, -0.25) is 9.69 Å². The van der Waals surface area contributed by atoms with E-state index in [1.165, 1.54) is 6.92 Å². The molecule has 0 aromatic heterocycles. The molecular weight excluding hydrogens is 434 g/mol. The Morgan fingerprint density at radius 2 is 1.86 bits per heavy atom. The van der Waals surface area contributed by atoms with Gasteiger partial charge < -0.3 is 14.6 Å². The topological polar surface area (TPSA) is 59.0 Å². The number of piperidine rings is 1. The fourth-order valence-electron chi connectivity index (χ4n) is 3.52. The number of carbonyl (C=O) groups is 1. The van der Waals surface area contributed by atoms with Crippen LogP contribution < -0.4 is 9.47 Å². The largest absolute Gasteiger partial charge is 0.493 e. The van der Waals surface area contributed by atoms with Crippen LogP contribution in [0.1, 0.15) is 30.9 Å². The van der Waals surface area contributed by atoms with Gasteiger partial charge in [0.2, 0.25) is 0 Å². The second-order valence-corrected chi connectivity index (χ2v) is 8.16. The number of hydrogen-bond acceptors (Lipinski definition) is 5. The minimum absolute atomic E-state index is 0.375. The summed E-state index contributed by atoms with van der Waals surface area (Å²) in [6.45, 7) is 3.85. The monoisotopic (exact) mass is 459 g/mol. The lowest BCUT2D eigenvalue weighted by molar-refractivity contribution is -0.132. The van der Waals surface area contributed by atoms with Crippen molar-refractivity contribution in [1.29, 1.82) is 0 Å². The fourth-order valence-corrected chi connectivity index (χ4v) is 3.78. The zero-order chi connectivity index (χ0) is 20.9. The zero-order valence-electron chi connectivity index (χ0n) is 16.7. The number of methoxy groups -OCH3 is 1. The first-order chi connectivity index (χ1) is 13.9. The number of likely N-dealkylation sites (tertiary alicyclic amines) is 1. The van der Waals surface area contributed by atoms with Crippen LogP contribution in [0.25, 0.3) is 6.08 Å². The number of rotatable bonds is 6. The molecule has 1 saturated heterocycles. The van der Waals surface area contributed by atoms with Crippen molar-refractivity contribution in [2.24, 2.45) is 0 Å². The third-order valence-electron chi connectivity index (χ3n) is 5.18. The van der Waals surface area contributed by atoms with Crippen LogP contribution in [-0.2, 0) is 10.4 Å². The van der Waals surface area contributed by atoms with Crippen molar-refractivity contribution in [3.63, 3.8) is 0 Å². The molecule has 1 N–H and O–H groups in total. The molecule has 0 amide bonds. The molecule has 1 aliphatic heterocycles. The van der Waals surface area contributed by atoms with Crippen LogP contribution in [0.3, 0.4) is 0 Å². The summed E-state index contributed by atoms with van der Waals surface area (Å²) in [5.74, 6) is 0.570. The molecule has 0 spiro atoms. The second kappa shape index (κ2) is 9.57. The standard InChI is InChI=1S/C23H26BrNO4/c1-17(26)29-21-10-5-18(16-22(21)28-2)4-3-13-25-14-11-23(27,12-15-25)19-6-8-20(24)9-7-19/h3-10,16,27H,11-15H2,1-2H3. The first kappa shape index (κ1) is 21.6. The van der Waals surface area contributed by atoms with E-state index < -0.39 is 5.60 Å². The molecule has 154 valence electrons. The zero-order valence-corrected chi connectivity index (χ0v) is 18.3. The van der Waals surface area contributed by atoms with E-state index in [1.54, 1.807) is 13.2 Å². The van der Waals surface area contributed by atoms with Gasteiger partial charge in [0.25, 0.3) is 0 Å². The number of benzene rings is 2. The van der Waals surface area contributed by atoms with Crippen molar-refractivity contribution in [3.8, 4) is 11.5 Å². The van der Waals surface area contributed by atoms with Gasteiger partial charge in [0.15, 0.2) is 11.5 Å². The summed E-state index contributed by atoms with van der Waals surface area (Å²) in [5.41, 5.74) is 1.21. The van der Waals surface area contributed by atoms with Gasteiger partial charge in [0, 0.05) is 31.0 Å². The van der Waals surface area contributed by atoms with E-state index in [9.17, 15) is 9.90 Å². The Morgan fingerprint density at radius 3 is 2.48 bits per heavy atom. The number of esters is 1. The molecule has 0 unspecified atom stereocenters. The molecule has 5 nitrogen and oxygen atoms in total. The van der Waals surface area contributed by atoms with Crippen LogP contribution in [0, 0.1) is 0 Å². The van der Waals surface area contributed by atoms with Crippen LogP contribution in [0.2, 0.25) is 0 Å². The van der Waals surface area contributed by atoms with Gasteiger partial charge in [0.1, 0.15) is 0 Å². The van der Waals surface area contributed by atoms with Gasteiger partial charge in [-0.25, -0.2) is 0 Å². The summed E-state index contributed by atoms with van der Waals surface area (Å²) in [4.78, 5) is 13.5. The first-order valence-corrected chi connectivity index (χ1v) is 10.4. The van der Waals surface area contributed by atoms with Gasteiger partial charge in [-0.1, -0.05) is 46.3 Å². The maximum Gasteiger partial charge on any atom is 0.308 e. The molecule has 0 saturated carbocycles. The highest BCUT2D eigenvalue weighted by atomic mass is 79.9. The van der Waals surface area contributed by atoms with E-state index >= 15 is 0 Å². The highest BCUT2D eigenvalue weighted by Gasteiger charge is 2.33. The van der Waals surface area contributed by atoms with Crippen LogP contribution in [-0.4, -0.2) is 42.7 Å². The van der Waals surface area contributed by atoms with Gasteiger partial charge in [-0.05, 0) is 48.2 Å². The average Bonchev–Trinajstić information content (AvgIpc) is 2.70. The van der Waals surface area contributed by atoms with Gasteiger partial charge in [0.05, 0.1) is 12.7 Å². The molecular formula is C23H26BrNO4. The summed E-state index contributed by atoms with van der Waals surface area (Å²) < 4.78 is 11.5. The fraction of sp³-hybridized carbons (Fsp3) is 0.348. The first-order valence-electron chi connectivity index (χ1n) is 9.63. The van der Waals surface area contributed by atoms with Crippen LogP contribution in [0.4, 0.5) is 0 Å². The van der Waals surface area contributed by atoms with Crippen molar-refractivity contribution >= 4 is 28.0 Å². The molecule has 2 aromatic carbocycles. The van der Waals surface area contributed by atoms with Gasteiger partial charge in [-0.15, -0.1) is 0 Å². The molecule has 0 bridgehead atoms. The number of carbonyl (C=O) groups excluding carboxylic acids is 1. The van der Waals surface area contributed by atoms with Crippen molar-refractivity contribution in [1.82, 2.24) is 4.90 Å². The van der Waals surface area contributed by atoms with E-state index in [0.717, 1.165) is 35.2 Å². The van der Waals surface area contributed by atoms with Crippen LogP contribution in [0.5, 0.6) is 11.5 Å². The molecule has 3 rings (SSSR count). The molecule has 1 heterocycles. The maximum absolute atomic E-state index is 11.1. The third kappa shape index (κ3) is 5.69. The quantitative estimate of drug-likeness (QED) is 0.512. The lowest BCUT2D eigenvalue weighted by Crippen LogP contribution is -2.42. The van der Waals surface area contributed by atoms with E-state index in [0.29, 0.717) is 24.3 Å². The van der Waals surface area contributed by atoms with E-state index in [-0.39, 0.29) is 5.97 Å². The SMILES string of the molecule is COc1cc(C=CCN2CCC(O)(c3ccc(Br)cc3)CC2)ccc1OC(C)=O. The predicted molar refractivity (Wildman–Crippen MR) is 117 cm³/mol. The summed E-state index contributed by atoms with van der Waals surface area (Å²) in [7, 11) is 1.55. The molecule has 0 atom stereocenters. The highest BCUT2D eigenvalue weighted by molar-refractivity contribution is 9.10. The van der Waals surface area contributed by atoms with Crippen molar-refractivity contribution in [2.75, 3.05) is 26.7 Å². The molecule has 2 aromatic rings. The molecule has 0 radical (unpaired) electrons. The van der Waals surface area contributed by atoms with E-state index in [4.69, 9.17) is 9.47 Å². The summed E-state index contributed by atoms with van der Waals surface area (Å²) >= 11 is 3.44. The maximum atomic E-state index is 11.1. The Hall–Kier alpha value is -2.15. The summed E-state index contributed by atoms with van der Waals surface area (Å²) in [6, 6.07) is 13.4. The molecule has 1 aliphatic rings. The van der Waals surface area contributed by atoms with E-state index in [2.05, 4.69) is 26.9 Å². The molecule has 1 fully saturated rings. The lowest BCUT2D eigenvalue weighted by atomic mass is 9.84. The normalized spacial score (nSPS) is 16.7. The van der Waals surface area contributed by atoms with Gasteiger partial charge >= 0.3 is 5.97 Å². The predicted octanol–water partition coefficient (Wildman–Crippen LogP) is 4.38. The number of halogens is 1. The Bertz CT molecular complexity index is 871. The van der Waals surface area contributed by atoms with Crippen molar-refractivity contribution < 1.29 is 19.4 Å². The average molecular weight is 460 g/mol. The van der Waals surface area contributed by atoms with Gasteiger partial charge in [-0.2, -0.15) is 0 Å². The number of aliphatic hydroxyl groups is 1. The van der Waals surface area contributed by atoms with Crippen molar-refractivity contribution in [3.05, 3.63) is 64.1 Å². The number of ether oxygens (including phenoxy) is 2. The molecule has 0 aliphatic carbocycles. The Morgan fingerprint density at radius 1 is 1.17 bits per heavy atom. The highest BCUT2D eigenvalue weighted by Crippen LogP contribution is 2.33. The summed E-state index contributed by atoms with van der Waals surface area (Å²) in [5, 5.41) is 11.0. The minimum atomic E-state index is -0.749. The Kier molecular flexibility index (Phi) is 7.11. The van der Waals surface area contributed by atoms with Crippen molar-refractivity contribution in [2.45, 2.75) is 25.4 Å². The third-order valence-corrected chi connectivity index (χ3v) is 5.71. The van der Waals surface area contributed by atoms with E-state index in [1.807, 2.05) is 42.5 Å². The lowest BCUT2D eigenvalue weighted by Gasteiger charge is -2.38. The molecule has 6 heteroatoms. The minimum Gasteiger partial charge on any atom is -0.493 e. The Balaban J connectivity index is 1.55.